The number of amides is 2. The summed E-state index contributed by atoms with van der Waals surface area (Å²) in [6.07, 6.45) is 6.20. The van der Waals surface area contributed by atoms with Crippen LogP contribution in [-0.2, 0) is 9.59 Å². The molecule has 1 aromatic rings. The van der Waals surface area contributed by atoms with Gasteiger partial charge in [0.1, 0.15) is 0 Å². The molecular formula is C17H19ClN2O2. The lowest BCUT2D eigenvalue weighted by Crippen LogP contribution is -2.37. The molecule has 1 fully saturated rings. The molecule has 1 saturated heterocycles. The quantitative estimate of drug-likeness (QED) is 0.867. The van der Waals surface area contributed by atoms with Gasteiger partial charge in [-0.1, -0.05) is 29.3 Å². The number of halogens is 1. The fourth-order valence-electron chi connectivity index (χ4n) is 3.08. The number of hydrogen-bond acceptors (Lipinski definition) is 2. The maximum atomic E-state index is 12.1. The van der Waals surface area contributed by atoms with Gasteiger partial charge in [-0.25, -0.2) is 0 Å². The highest BCUT2D eigenvalue weighted by Gasteiger charge is 2.31. The Labute approximate surface area is 135 Å². The van der Waals surface area contributed by atoms with E-state index in [9.17, 15) is 9.59 Å². The van der Waals surface area contributed by atoms with Gasteiger partial charge in [-0.3, -0.25) is 9.59 Å². The van der Waals surface area contributed by atoms with Crippen LogP contribution in [-0.4, -0.2) is 24.4 Å². The molecule has 4 nitrogen and oxygen atoms in total. The van der Waals surface area contributed by atoms with Crippen LogP contribution < -0.4 is 10.2 Å². The topological polar surface area (TPSA) is 49.4 Å². The van der Waals surface area contributed by atoms with Gasteiger partial charge in [0.2, 0.25) is 11.8 Å². The van der Waals surface area contributed by atoms with Crippen molar-refractivity contribution in [1.82, 2.24) is 5.32 Å². The van der Waals surface area contributed by atoms with Crippen molar-refractivity contribution in [3.8, 4) is 0 Å². The lowest BCUT2D eigenvalue weighted by molar-refractivity contribution is -0.121. The van der Waals surface area contributed by atoms with Gasteiger partial charge >= 0.3 is 0 Å². The Kier molecular flexibility index (Phi) is 4.48. The molecule has 1 atom stereocenters. The summed E-state index contributed by atoms with van der Waals surface area (Å²) in [6.45, 7) is 0.504. The summed E-state index contributed by atoms with van der Waals surface area (Å²) in [6, 6.07) is 7.11. The van der Waals surface area contributed by atoms with Crippen molar-refractivity contribution in [1.29, 1.82) is 0 Å². The molecule has 0 saturated carbocycles. The van der Waals surface area contributed by atoms with E-state index in [1.54, 1.807) is 17.0 Å². The number of anilines is 1. The maximum absolute atomic E-state index is 12.1. The van der Waals surface area contributed by atoms with E-state index in [0.29, 0.717) is 24.4 Å². The number of allylic oxidation sites excluding steroid dienone is 1. The van der Waals surface area contributed by atoms with Crippen molar-refractivity contribution in [3.63, 3.8) is 0 Å². The van der Waals surface area contributed by atoms with Crippen LogP contribution in [0.4, 0.5) is 5.69 Å². The Bertz CT molecular complexity index is 627. The van der Waals surface area contributed by atoms with Gasteiger partial charge < -0.3 is 10.2 Å². The maximum Gasteiger partial charge on any atom is 0.229 e. The molecule has 2 amide bonds. The van der Waals surface area contributed by atoms with E-state index in [2.05, 4.69) is 11.4 Å². The average molecular weight is 319 g/mol. The van der Waals surface area contributed by atoms with Crippen LogP contribution in [0.5, 0.6) is 0 Å². The summed E-state index contributed by atoms with van der Waals surface area (Å²) in [5.41, 5.74) is 2.00. The van der Waals surface area contributed by atoms with Crippen LogP contribution in [0.2, 0.25) is 5.02 Å². The van der Waals surface area contributed by atoms with Gasteiger partial charge in [-0.05, 0) is 37.5 Å². The molecule has 1 N–H and O–H groups in total. The number of benzene rings is 1. The van der Waals surface area contributed by atoms with Gasteiger partial charge in [0.25, 0.3) is 0 Å². The molecule has 1 aliphatic carbocycles. The molecule has 0 unspecified atom stereocenters. The van der Waals surface area contributed by atoms with Gasteiger partial charge in [-0.2, -0.15) is 0 Å². The Morgan fingerprint density at radius 3 is 3.00 bits per heavy atom. The van der Waals surface area contributed by atoms with Crippen molar-refractivity contribution >= 4 is 29.1 Å². The van der Waals surface area contributed by atoms with Crippen molar-refractivity contribution in [3.05, 3.63) is 40.9 Å². The van der Waals surface area contributed by atoms with E-state index < -0.39 is 0 Å². The normalized spacial score (nSPS) is 21.1. The Morgan fingerprint density at radius 2 is 2.27 bits per heavy atom. The summed E-state index contributed by atoms with van der Waals surface area (Å²) in [7, 11) is 0. The van der Waals surface area contributed by atoms with Crippen LogP contribution in [0.25, 0.3) is 0 Å². The second-order valence-corrected chi connectivity index (χ2v) is 6.32. The molecule has 3 rings (SSSR count). The first kappa shape index (κ1) is 15.1. The van der Waals surface area contributed by atoms with E-state index in [-0.39, 0.29) is 17.9 Å². The van der Waals surface area contributed by atoms with Crippen molar-refractivity contribution in [2.24, 2.45) is 0 Å². The number of rotatable bonds is 4. The largest absolute Gasteiger partial charge is 0.351 e. The molecule has 0 aromatic heterocycles. The van der Waals surface area contributed by atoms with Gasteiger partial charge in [0, 0.05) is 30.1 Å². The van der Waals surface area contributed by atoms with Crippen LogP contribution in [0.3, 0.4) is 0 Å². The van der Waals surface area contributed by atoms with Crippen LogP contribution in [0, 0.1) is 0 Å². The molecule has 5 heteroatoms. The second-order valence-electron chi connectivity index (χ2n) is 5.88. The first-order chi connectivity index (χ1) is 10.6. The minimum Gasteiger partial charge on any atom is -0.351 e. The molecule has 0 spiro atoms. The highest BCUT2D eigenvalue weighted by Crippen LogP contribution is 2.25. The van der Waals surface area contributed by atoms with Crippen LogP contribution in [0.1, 0.15) is 32.1 Å². The highest BCUT2D eigenvalue weighted by atomic mass is 35.5. The van der Waals surface area contributed by atoms with Crippen molar-refractivity contribution < 1.29 is 9.59 Å². The van der Waals surface area contributed by atoms with E-state index in [1.807, 2.05) is 12.1 Å². The Hall–Kier alpha value is -1.81. The summed E-state index contributed by atoms with van der Waals surface area (Å²) in [4.78, 5) is 25.9. The number of carbonyl (C=O) groups excluding carboxylic acids is 2. The average Bonchev–Trinajstić information content (AvgIpc) is 3.08. The minimum atomic E-state index is -0.124. The fraction of sp³-hybridized carbons (Fsp3) is 0.412. The Balaban J connectivity index is 1.58. The molecule has 116 valence electrons. The Morgan fingerprint density at radius 1 is 1.41 bits per heavy atom. The van der Waals surface area contributed by atoms with Gasteiger partial charge in [0.15, 0.2) is 0 Å². The first-order valence-electron chi connectivity index (χ1n) is 7.65. The van der Waals surface area contributed by atoms with E-state index in [0.717, 1.165) is 24.9 Å². The summed E-state index contributed by atoms with van der Waals surface area (Å²) in [5, 5.41) is 3.58. The zero-order valence-corrected chi connectivity index (χ0v) is 13.1. The minimum absolute atomic E-state index is 0.0129. The molecule has 1 aromatic carbocycles. The predicted molar refractivity (Wildman–Crippen MR) is 86.9 cm³/mol. The molecule has 0 bridgehead atoms. The zero-order valence-electron chi connectivity index (χ0n) is 12.3. The van der Waals surface area contributed by atoms with Gasteiger partial charge in [0.05, 0.1) is 6.04 Å². The highest BCUT2D eigenvalue weighted by molar-refractivity contribution is 6.30. The molecule has 1 aliphatic heterocycles. The summed E-state index contributed by atoms with van der Waals surface area (Å²) >= 11 is 5.97. The van der Waals surface area contributed by atoms with E-state index >= 15 is 0 Å². The number of hydrogen-bond donors (Lipinski definition) is 1. The third-order valence-corrected chi connectivity index (χ3v) is 4.37. The first-order valence-corrected chi connectivity index (χ1v) is 8.03. The third kappa shape index (κ3) is 3.50. The zero-order chi connectivity index (χ0) is 15.5. The lowest BCUT2D eigenvalue weighted by atomic mass is 10.1. The fourth-order valence-corrected chi connectivity index (χ4v) is 3.27. The summed E-state index contributed by atoms with van der Waals surface area (Å²) in [5.74, 6) is 0.0338. The van der Waals surface area contributed by atoms with Crippen LogP contribution in [0.15, 0.2) is 35.9 Å². The number of nitrogens with zero attached hydrogens (tertiary/aromatic N) is 1. The van der Waals surface area contributed by atoms with Crippen LogP contribution >= 0.6 is 11.6 Å². The lowest BCUT2D eigenvalue weighted by Gasteiger charge is -2.17. The SMILES string of the molecule is O=C(CC1=CCCC1)N[C@@H]1CC(=O)N(c2cccc(Cl)c2)C1. The predicted octanol–water partition coefficient (Wildman–Crippen LogP) is 3.06. The molecule has 1 heterocycles. The molecule has 0 radical (unpaired) electrons. The number of carbonyl (C=O) groups is 2. The smallest absolute Gasteiger partial charge is 0.229 e. The number of nitrogens with one attached hydrogen (secondary N) is 1. The monoisotopic (exact) mass is 318 g/mol. The molecular weight excluding hydrogens is 300 g/mol. The standard InChI is InChI=1S/C17H19ClN2O2/c18-13-6-3-7-15(9-13)20-11-14(10-17(20)22)19-16(21)8-12-4-1-2-5-12/h3-4,6-7,9,14H,1-2,5,8,10-11H2,(H,19,21)/t14-/m1/s1. The molecule has 22 heavy (non-hydrogen) atoms. The second kappa shape index (κ2) is 6.53. The van der Waals surface area contributed by atoms with Crippen molar-refractivity contribution in [2.75, 3.05) is 11.4 Å². The van der Waals surface area contributed by atoms with Gasteiger partial charge in [-0.15, -0.1) is 0 Å². The van der Waals surface area contributed by atoms with E-state index in [1.165, 1.54) is 5.57 Å². The molecule has 2 aliphatic rings. The van der Waals surface area contributed by atoms with E-state index in [4.69, 9.17) is 11.6 Å². The third-order valence-electron chi connectivity index (χ3n) is 4.13. The summed E-state index contributed by atoms with van der Waals surface area (Å²) < 4.78 is 0. The van der Waals surface area contributed by atoms with Crippen molar-refractivity contribution in [2.45, 2.75) is 38.1 Å².